The number of methoxy groups -OCH3 is 2. The molecule has 0 aromatic heterocycles. The molecule has 3 aromatic rings. The summed E-state index contributed by atoms with van der Waals surface area (Å²) in [6.07, 6.45) is 14.9. The second-order valence-corrected chi connectivity index (χ2v) is 17.9. The van der Waals surface area contributed by atoms with Gasteiger partial charge in [-0.2, -0.15) is 35.9 Å². The predicted octanol–water partition coefficient (Wildman–Crippen LogP) is 11.9. The van der Waals surface area contributed by atoms with E-state index in [1.807, 2.05) is 38.5 Å². The van der Waals surface area contributed by atoms with Crippen LogP contribution in [-0.4, -0.2) is 32.1 Å². The van der Waals surface area contributed by atoms with Crippen LogP contribution < -0.4 is 20.5 Å². The summed E-state index contributed by atoms with van der Waals surface area (Å²) in [7, 11) is 7.36. The first-order chi connectivity index (χ1) is 23.7. The number of ether oxygens (including phenoxy) is 2. The molecule has 274 valence electrons. The molecule has 0 unspecified atom stereocenters. The number of benzene rings is 3. The van der Waals surface area contributed by atoms with E-state index in [9.17, 15) is 0 Å². The van der Waals surface area contributed by atoms with E-state index in [4.69, 9.17) is 15.2 Å². The minimum atomic E-state index is -0.889. The Hall–Kier alpha value is -1.40. The molecule has 6 heteroatoms. The van der Waals surface area contributed by atoms with Gasteiger partial charge in [-0.1, -0.05) is 66.5 Å². The summed E-state index contributed by atoms with van der Waals surface area (Å²) in [4.78, 5) is 0. The Kier molecular flexibility index (Phi) is 18.7. The van der Waals surface area contributed by atoms with Crippen molar-refractivity contribution in [1.82, 2.24) is 0 Å². The van der Waals surface area contributed by atoms with Crippen molar-refractivity contribution < 1.29 is 27.7 Å². The van der Waals surface area contributed by atoms with Crippen molar-refractivity contribution in [2.75, 3.05) is 20.8 Å². The Bertz CT molecular complexity index is 1340. The third-order valence-corrected chi connectivity index (χ3v) is 14.5. The molecule has 0 heterocycles. The quantitative estimate of drug-likeness (QED) is 0.119. The van der Waals surface area contributed by atoms with Gasteiger partial charge in [0.15, 0.2) is 5.75 Å². The molecule has 0 spiro atoms. The molecular formula is C43H64ClNO2PPd+. The van der Waals surface area contributed by atoms with E-state index in [0.29, 0.717) is 24.3 Å². The van der Waals surface area contributed by atoms with E-state index in [1.165, 1.54) is 97.6 Å². The van der Waals surface area contributed by atoms with Crippen LogP contribution in [-0.2, 0) is 24.6 Å². The summed E-state index contributed by atoms with van der Waals surface area (Å²) in [6.45, 7) is 14.8. The van der Waals surface area contributed by atoms with Gasteiger partial charge in [-0.05, 0) is 116 Å². The Balaban J connectivity index is 0.000000507. The zero-order valence-corrected chi connectivity index (χ0v) is 34.9. The Morgan fingerprint density at radius 2 is 1.24 bits per heavy atom. The first kappa shape index (κ1) is 42.0. The van der Waals surface area contributed by atoms with Gasteiger partial charge in [0.05, 0.1) is 31.1 Å². The number of nitrogens with two attached hydrogens (primary N) is 1. The minimum absolute atomic E-state index is 0.435. The maximum atomic E-state index is 6.30. The molecule has 0 aliphatic heterocycles. The summed E-state index contributed by atoms with van der Waals surface area (Å²) in [6, 6.07) is 20.4. The molecule has 3 nitrogen and oxygen atoms in total. The van der Waals surface area contributed by atoms with Crippen LogP contribution in [0, 0.1) is 6.07 Å². The van der Waals surface area contributed by atoms with Gasteiger partial charge in [-0.25, -0.2) is 0 Å². The van der Waals surface area contributed by atoms with Gasteiger partial charge >= 0.3 is 27.7 Å². The van der Waals surface area contributed by atoms with Crippen LogP contribution in [0.1, 0.15) is 146 Å². The summed E-state index contributed by atoms with van der Waals surface area (Å²) < 4.78 is 12.6. The monoisotopic (exact) mass is 798 g/mol. The van der Waals surface area contributed by atoms with Gasteiger partial charge in [0, 0.05) is 7.92 Å². The normalized spacial score (nSPS) is 15.6. The van der Waals surface area contributed by atoms with Crippen molar-refractivity contribution in [2.45, 2.75) is 141 Å². The van der Waals surface area contributed by atoms with Gasteiger partial charge in [-0.15, -0.1) is 0 Å². The van der Waals surface area contributed by atoms with Crippen LogP contribution in [0.15, 0.2) is 48.5 Å². The van der Waals surface area contributed by atoms with Crippen LogP contribution in [0.3, 0.4) is 0 Å². The van der Waals surface area contributed by atoms with Crippen molar-refractivity contribution in [3.8, 4) is 22.6 Å². The Morgan fingerprint density at radius 3 is 1.65 bits per heavy atom. The maximum absolute atomic E-state index is 6.30. The Morgan fingerprint density at radius 1 is 0.735 bits per heavy atom. The fraction of sp³-hybridized carbons (Fsp3) is 0.581. The van der Waals surface area contributed by atoms with Gasteiger partial charge in [0.1, 0.15) is 11.1 Å². The predicted molar refractivity (Wildman–Crippen MR) is 213 cm³/mol. The van der Waals surface area contributed by atoms with Crippen LogP contribution in [0.25, 0.3) is 11.1 Å². The summed E-state index contributed by atoms with van der Waals surface area (Å²) in [5, 5.41) is 1.55. The molecule has 0 bridgehead atoms. The van der Waals surface area contributed by atoms with Crippen molar-refractivity contribution in [1.29, 1.82) is 0 Å². The third-order valence-electron chi connectivity index (χ3n) is 10.5. The molecule has 2 N–H and O–H groups in total. The SMILES string of the molecule is COc1ccc(OC)c([PH+](C2CCCCC2)C2CCCCC2)c1-c1c(C(C)C)cc(C(C)C)cc1C(C)C.NCCc1[c-]cccc1.[Cl][Pd+]. The first-order valence-corrected chi connectivity index (χ1v) is 22.4. The van der Waals surface area contributed by atoms with Crippen molar-refractivity contribution >= 4 is 22.8 Å². The van der Waals surface area contributed by atoms with Crippen LogP contribution in [0.4, 0.5) is 0 Å². The fourth-order valence-corrected chi connectivity index (χ4v) is 12.5. The number of hydrogen-bond acceptors (Lipinski definition) is 3. The van der Waals surface area contributed by atoms with E-state index in [0.717, 1.165) is 29.2 Å². The summed E-state index contributed by atoms with van der Waals surface area (Å²) in [5.74, 6) is 3.53. The van der Waals surface area contributed by atoms with Crippen molar-refractivity contribution in [3.63, 3.8) is 0 Å². The molecule has 0 atom stereocenters. The zero-order chi connectivity index (χ0) is 35.9. The van der Waals surface area contributed by atoms with Crippen LogP contribution in [0.5, 0.6) is 11.5 Å². The van der Waals surface area contributed by atoms with Crippen LogP contribution in [0.2, 0.25) is 0 Å². The standard InChI is InChI=1S/C35H53O2P.C8H10N.ClH.Pd/c1-23(2)26-21-29(24(3)4)33(30(22-26)25(5)6)34-31(36-7)19-20-32(37-8)35(34)38(27-15-11-9-12-16-27)28-17-13-10-14-18-28;9-7-6-8-4-2-1-3-5-8;;/h19-25,27-28H,9-18H2,1-8H3;1-4H,6-7,9H2;1H;/q;-1;;+2. The Labute approximate surface area is 316 Å². The number of halogens is 1. The third kappa shape index (κ3) is 11.3. The second kappa shape index (κ2) is 21.8. The van der Waals surface area contributed by atoms with Crippen molar-refractivity contribution in [3.05, 3.63) is 76.9 Å². The average Bonchev–Trinajstić information content (AvgIpc) is 3.13. The number of hydrogen-bond donors (Lipinski definition) is 1. The van der Waals surface area contributed by atoms with Gasteiger partial charge in [-0.3, -0.25) is 0 Å². The van der Waals surface area contributed by atoms with E-state index >= 15 is 0 Å². The molecule has 2 fully saturated rings. The molecule has 2 aliphatic rings. The zero-order valence-electron chi connectivity index (χ0n) is 31.6. The molecule has 2 aliphatic carbocycles. The molecule has 0 saturated heterocycles. The van der Waals surface area contributed by atoms with Gasteiger partial charge in [0.2, 0.25) is 0 Å². The van der Waals surface area contributed by atoms with Crippen molar-refractivity contribution in [2.24, 2.45) is 5.73 Å². The van der Waals surface area contributed by atoms with Gasteiger partial charge in [0.25, 0.3) is 0 Å². The first-order valence-electron chi connectivity index (χ1n) is 18.8. The molecule has 0 radical (unpaired) electrons. The second-order valence-electron chi connectivity index (χ2n) is 14.8. The molecule has 49 heavy (non-hydrogen) atoms. The summed E-state index contributed by atoms with van der Waals surface area (Å²) >= 11 is 2.22. The van der Waals surface area contributed by atoms with E-state index in [-0.39, 0.29) is 0 Å². The summed E-state index contributed by atoms with van der Waals surface area (Å²) in [5.41, 5.74) is 15.4. The topological polar surface area (TPSA) is 44.5 Å². The molecule has 3 aromatic carbocycles. The van der Waals surface area contributed by atoms with E-state index < -0.39 is 7.92 Å². The molecule has 5 rings (SSSR count). The van der Waals surface area contributed by atoms with E-state index in [2.05, 4.69) is 99.6 Å². The average molecular weight is 800 g/mol. The van der Waals surface area contributed by atoms with Gasteiger partial charge < -0.3 is 15.2 Å². The number of rotatable bonds is 11. The molecular weight excluding hydrogens is 735 g/mol. The van der Waals surface area contributed by atoms with Crippen LogP contribution >= 0.6 is 17.5 Å². The fourth-order valence-electron chi connectivity index (χ4n) is 7.99. The van der Waals surface area contributed by atoms with E-state index in [1.54, 1.807) is 5.30 Å². The molecule has 0 amide bonds. The molecule has 2 saturated carbocycles.